The molecule has 0 heterocycles. The summed E-state index contributed by atoms with van der Waals surface area (Å²) in [7, 11) is 0. The van der Waals surface area contributed by atoms with Gasteiger partial charge in [-0.25, -0.2) is 0 Å². The van der Waals surface area contributed by atoms with E-state index in [0.29, 0.717) is 0 Å². The summed E-state index contributed by atoms with van der Waals surface area (Å²) in [6, 6.07) is 17.6. The summed E-state index contributed by atoms with van der Waals surface area (Å²) in [6.45, 7) is 6.35. The van der Waals surface area contributed by atoms with Crippen molar-refractivity contribution in [3.63, 3.8) is 0 Å². The van der Waals surface area contributed by atoms with Crippen molar-refractivity contribution >= 4 is 6.08 Å². The van der Waals surface area contributed by atoms with Crippen LogP contribution < -0.4 is 4.74 Å². The van der Waals surface area contributed by atoms with Gasteiger partial charge in [0.05, 0.1) is 6.61 Å². The third-order valence-corrected chi connectivity index (χ3v) is 3.31. The van der Waals surface area contributed by atoms with Gasteiger partial charge >= 0.3 is 0 Å². The molecule has 0 unspecified atom stereocenters. The van der Waals surface area contributed by atoms with Crippen LogP contribution in [-0.4, -0.2) is 11.7 Å². The van der Waals surface area contributed by atoms with Crippen molar-refractivity contribution < 1.29 is 9.84 Å². The van der Waals surface area contributed by atoms with Crippen LogP contribution in [0.1, 0.15) is 26.3 Å². The molecule has 0 aromatic heterocycles. The van der Waals surface area contributed by atoms with Gasteiger partial charge in [-0.1, -0.05) is 57.2 Å². The number of hydrogen-bond acceptors (Lipinski definition) is 2. The molecule has 0 saturated heterocycles. The fraction of sp³-hybridized carbons (Fsp3) is 0.263. The average Bonchev–Trinajstić information content (AvgIpc) is 2.45. The first kappa shape index (κ1) is 15.3. The lowest BCUT2D eigenvalue weighted by Gasteiger charge is -2.21. The second kappa shape index (κ2) is 6.59. The smallest absolute Gasteiger partial charge is 0.128 e. The van der Waals surface area contributed by atoms with Crippen molar-refractivity contribution in [3.8, 4) is 11.5 Å². The minimum atomic E-state index is -0.0506. The van der Waals surface area contributed by atoms with Gasteiger partial charge in [0.25, 0.3) is 0 Å². The summed E-state index contributed by atoms with van der Waals surface area (Å²) in [5.74, 6) is 1.61. The Hall–Kier alpha value is -2.06. The topological polar surface area (TPSA) is 29.5 Å². The standard InChI is InChI=1S/C19H22O2/c1-19(2,3)16(14-20)12-15-8-7-11-18(13-15)21-17-9-5-4-6-10-17/h4-13,20H,14H2,1-3H3/b16-12-. The Balaban J connectivity index is 2.24. The lowest BCUT2D eigenvalue weighted by atomic mass is 9.86. The highest BCUT2D eigenvalue weighted by atomic mass is 16.5. The Labute approximate surface area is 126 Å². The number of ether oxygens (including phenoxy) is 1. The molecule has 0 spiro atoms. The first-order valence-electron chi connectivity index (χ1n) is 7.14. The lowest BCUT2D eigenvalue weighted by molar-refractivity contribution is 0.298. The summed E-state index contributed by atoms with van der Waals surface area (Å²) < 4.78 is 5.83. The SMILES string of the molecule is CC(C)(C)/C(=C\c1cccc(Oc2ccccc2)c1)CO. The van der Waals surface area contributed by atoms with Crippen LogP contribution in [-0.2, 0) is 0 Å². The van der Waals surface area contributed by atoms with Crippen molar-refractivity contribution in [2.75, 3.05) is 6.61 Å². The number of rotatable bonds is 4. The van der Waals surface area contributed by atoms with E-state index in [4.69, 9.17) is 4.74 Å². The summed E-state index contributed by atoms with van der Waals surface area (Å²) >= 11 is 0. The van der Waals surface area contributed by atoms with Gasteiger partial charge in [0.2, 0.25) is 0 Å². The fourth-order valence-electron chi connectivity index (χ4n) is 1.99. The Morgan fingerprint density at radius 1 is 1.00 bits per heavy atom. The molecule has 2 aromatic rings. The van der Waals surface area contributed by atoms with Gasteiger partial charge in [0, 0.05) is 0 Å². The third kappa shape index (κ3) is 4.47. The van der Waals surface area contributed by atoms with Crippen molar-refractivity contribution in [2.45, 2.75) is 20.8 Å². The molecule has 0 aliphatic heterocycles. The fourth-order valence-corrected chi connectivity index (χ4v) is 1.99. The summed E-state index contributed by atoms with van der Waals surface area (Å²) in [5.41, 5.74) is 1.98. The highest BCUT2D eigenvalue weighted by Gasteiger charge is 2.15. The molecular formula is C19H22O2. The maximum atomic E-state index is 9.53. The van der Waals surface area contributed by atoms with Crippen molar-refractivity contribution in [1.82, 2.24) is 0 Å². The Morgan fingerprint density at radius 3 is 2.29 bits per heavy atom. The molecule has 1 N–H and O–H groups in total. The molecule has 2 rings (SSSR count). The zero-order valence-corrected chi connectivity index (χ0v) is 12.8. The van der Waals surface area contributed by atoms with Crippen LogP contribution in [0.4, 0.5) is 0 Å². The third-order valence-electron chi connectivity index (χ3n) is 3.31. The molecule has 0 amide bonds. The van der Waals surface area contributed by atoms with E-state index in [0.717, 1.165) is 22.6 Å². The molecule has 0 atom stereocenters. The second-order valence-corrected chi connectivity index (χ2v) is 6.07. The molecule has 21 heavy (non-hydrogen) atoms. The molecule has 0 aliphatic rings. The van der Waals surface area contributed by atoms with Crippen LogP contribution in [0.25, 0.3) is 6.08 Å². The average molecular weight is 282 g/mol. The van der Waals surface area contributed by atoms with Gasteiger partial charge in [-0.2, -0.15) is 0 Å². The number of aliphatic hydroxyl groups is 1. The van der Waals surface area contributed by atoms with E-state index in [1.165, 1.54) is 0 Å². The quantitative estimate of drug-likeness (QED) is 0.864. The molecule has 2 nitrogen and oxygen atoms in total. The Bertz CT molecular complexity index is 607. The van der Waals surface area contributed by atoms with E-state index in [2.05, 4.69) is 20.8 Å². The van der Waals surface area contributed by atoms with Gasteiger partial charge in [-0.3, -0.25) is 0 Å². The van der Waals surface area contributed by atoms with E-state index >= 15 is 0 Å². The van der Waals surface area contributed by atoms with Crippen LogP contribution in [0.15, 0.2) is 60.2 Å². The Morgan fingerprint density at radius 2 is 1.67 bits per heavy atom. The van der Waals surface area contributed by atoms with Gasteiger partial charge in [-0.05, 0) is 40.8 Å². The molecule has 0 aliphatic carbocycles. The van der Waals surface area contributed by atoms with Gasteiger partial charge in [-0.15, -0.1) is 0 Å². The normalized spacial score (nSPS) is 12.3. The molecule has 0 bridgehead atoms. The van der Waals surface area contributed by atoms with Crippen molar-refractivity contribution in [2.24, 2.45) is 5.41 Å². The number of hydrogen-bond donors (Lipinski definition) is 1. The first-order valence-corrected chi connectivity index (χ1v) is 7.14. The van der Waals surface area contributed by atoms with Crippen LogP contribution in [0.3, 0.4) is 0 Å². The van der Waals surface area contributed by atoms with Gasteiger partial charge in [0.15, 0.2) is 0 Å². The van der Waals surface area contributed by atoms with Crippen molar-refractivity contribution in [3.05, 3.63) is 65.7 Å². The van der Waals surface area contributed by atoms with E-state index in [1.54, 1.807) is 0 Å². The van der Waals surface area contributed by atoms with Gasteiger partial charge in [0.1, 0.15) is 11.5 Å². The summed E-state index contributed by atoms with van der Waals surface area (Å²) in [5, 5.41) is 9.53. The molecule has 0 fully saturated rings. The van der Waals surface area contributed by atoms with Crippen LogP contribution in [0, 0.1) is 5.41 Å². The Kier molecular flexibility index (Phi) is 4.81. The van der Waals surface area contributed by atoms with Crippen LogP contribution in [0.2, 0.25) is 0 Å². The highest BCUT2D eigenvalue weighted by molar-refractivity contribution is 5.56. The molecule has 0 saturated carbocycles. The van der Waals surface area contributed by atoms with E-state index < -0.39 is 0 Å². The summed E-state index contributed by atoms with van der Waals surface area (Å²) in [6.07, 6.45) is 2.03. The number of para-hydroxylation sites is 1. The minimum Gasteiger partial charge on any atom is -0.457 e. The largest absolute Gasteiger partial charge is 0.457 e. The van der Waals surface area contributed by atoms with Crippen LogP contribution in [0.5, 0.6) is 11.5 Å². The molecular weight excluding hydrogens is 260 g/mol. The van der Waals surface area contributed by atoms with Gasteiger partial charge < -0.3 is 9.84 Å². The zero-order chi connectivity index (χ0) is 15.3. The monoisotopic (exact) mass is 282 g/mol. The van der Waals surface area contributed by atoms with E-state index in [9.17, 15) is 5.11 Å². The summed E-state index contributed by atoms with van der Waals surface area (Å²) in [4.78, 5) is 0. The van der Waals surface area contributed by atoms with Crippen molar-refractivity contribution in [1.29, 1.82) is 0 Å². The second-order valence-electron chi connectivity index (χ2n) is 6.07. The molecule has 2 aromatic carbocycles. The number of benzene rings is 2. The predicted molar refractivity (Wildman–Crippen MR) is 87.5 cm³/mol. The van der Waals surface area contributed by atoms with Crippen LogP contribution >= 0.6 is 0 Å². The molecule has 0 radical (unpaired) electrons. The zero-order valence-electron chi connectivity index (χ0n) is 12.8. The maximum absolute atomic E-state index is 9.53. The molecule has 2 heteroatoms. The minimum absolute atomic E-state index is 0.0506. The highest BCUT2D eigenvalue weighted by Crippen LogP contribution is 2.28. The van der Waals surface area contributed by atoms with E-state index in [-0.39, 0.29) is 12.0 Å². The lowest BCUT2D eigenvalue weighted by Crippen LogP contribution is -2.12. The predicted octanol–water partition coefficient (Wildman–Crippen LogP) is 4.90. The first-order chi connectivity index (χ1) is 9.99. The molecule has 110 valence electrons. The maximum Gasteiger partial charge on any atom is 0.128 e. The van der Waals surface area contributed by atoms with E-state index in [1.807, 2.05) is 60.7 Å². The number of aliphatic hydroxyl groups excluding tert-OH is 1.